The fourth-order valence-corrected chi connectivity index (χ4v) is 2.70. The lowest BCUT2D eigenvalue weighted by molar-refractivity contribution is 0.0698. The van der Waals surface area contributed by atoms with Crippen LogP contribution in [-0.4, -0.2) is 36.9 Å². The first-order chi connectivity index (χ1) is 13.5. The highest BCUT2D eigenvalue weighted by atomic mass is 19.1. The van der Waals surface area contributed by atoms with Gasteiger partial charge in [-0.25, -0.2) is 24.1 Å². The normalized spacial score (nSPS) is 10.8. The van der Waals surface area contributed by atoms with E-state index in [2.05, 4.69) is 25.3 Å². The van der Waals surface area contributed by atoms with Gasteiger partial charge in [0.15, 0.2) is 0 Å². The third-order valence-electron chi connectivity index (χ3n) is 4.01. The fourth-order valence-electron chi connectivity index (χ4n) is 2.70. The van der Waals surface area contributed by atoms with Crippen molar-refractivity contribution in [2.75, 3.05) is 5.32 Å². The van der Waals surface area contributed by atoms with Gasteiger partial charge < -0.3 is 10.1 Å². The number of nitrogens with one attached hydrogen (secondary N) is 2. The highest BCUT2D eigenvalue weighted by molar-refractivity contribution is 6.05. The number of imidazole rings is 1. The summed E-state index contributed by atoms with van der Waals surface area (Å²) < 4.78 is 13.1. The van der Waals surface area contributed by atoms with Gasteiger partial charge >= 0.3 is 5.97 Å². The molecule has 138 valence electrons. The van der Waals surface area contributed by atoms with Gasteiger partial charge in [0.1, 0.15) is 23.4 Å². The molecule has 2 aromatic carbocycles. The number of H-pyrrole nitrogens is 1. The molecule has 0 radical (unpaired) electrons. The largest absolute Gasteiger partial charge is 0.478 e. The zero-order valence-corrected chi connectivity index (χ0v) is 14.2. The van der Waals surface area contributed by atoms with Gasteiger partial charge in [-0.1, -0.05) is 6.07 Å². The quantitative estimate of drug-likeness (QED) is 0.502. The van der Waals surface area contributed by atoms with Crippen molar-refractivity contribution in [1.29, 1.82) is 0 Å². The maximum atomic E-state index is 13.1. The predicted octanol–water partition coefficient (Wildman–Crippen LogP) is 3.11. The Labute approximate surface area is 157 Å². The van der Waals surface area contributed by atoms with Crippen molar-refractivity contribution in [3.63, 3.8) is 0 Å². The molecule has 0 bridgehead atoms. The molecule has 0 atom stereocenters. The molecule has 0 fully saturated rings. The van der Waals surface area contributed by atoms with Crippen molar-refractivity contribution in [2.24, 2.45) is 0 Å². The molecule has 1 amide bonds. The van der Waals surface area contributed by atoms with Crippen LogP contribution >= 0.6 is 0 Å². The number of carbonyl (C=O) groups is 2. The Morgan fingerprint density at radius 1 is 1.07 bits per heavy atom. The molecule has 0 aliphatic rings. The molecule has 8 nitrogen and oxygen atoms in total. The van der Waals surface area contributed by atoms with Crippen molar-refractivity contribution in [3.8, 4) is 11.3 Å². The lowest BCUT2D eigenvalue weighted by Gasteiger charge is -2.04. The second-order valence-electron chi connectivity index (χ2n) is 5.84. The van der Waals surface area contributed by atoms with Crippen molar-refractivity contribution in [1.82, 2.24) is 19.9 Å². The Bertz CT molecular complexity index is 1200. The molecule has 0 spiro atoms. The van der Waals surface area contributed by atoms with E-state index in [1.165, 1.54) is 30.6 Å². The molecule has 4 aromatic rings. The minimum Gasteiger partial charge on any atom is -0.478 e. The van der Waals surface area contributed by atoms with Crippen LogP contribution in [0.15, 0.2) is 54.9 Å². The van der Waals surface area contributed by atoms with Gasteiger partial charge in [0.25, 0.3) is 5.91 Å². The molecule has 28 heavy (non-hydrogen) atoms. The number of carboxylic acid groups (broad SMARTS) is 1. The lowest BCUT2D eigenvalue weighted by Crippen LogP contribution is -2.15. The summed E-state index contributed by atoms with van der Waals surface area (Å²) in [5.41, 5.74) is 1.90. The van der Waals surface area contributed by atoms with Crippen LogP contribution in [0.25, 0.3) is 22.3 Å². The maximum Gasteiger partial charge on any atom is 0.337 e. The Morgan fingerprint density at radius 3 is 2.61 bits per heavy atom. The first-order valence-electron chi connectivity index (χ1n) is 8.12. The second-order valence-corrected chi connectivity index (χ2v) is 5.84. The van der Waals surface area contributed by atoms with Crippen molar-refractivity contribution < 1.29 is 19.1 Å². The fraction of sp³-hybridized carbons (Fsp3) is 0. The van der Waals surface area contributed by atoms with Crippen molar-refractivity contribution in [2.45, 2.75) is 0 Å². The molecule has 0 saturated heterocycles. The zero-order chi connectivity index (χ0) is 19.7. The number of fused-ring (bicyclic) bond motifs is 1. The van der Waals surface area contributed by atoms with E-state index in [1.807, 2.05) is 0 Å². The van der Waals surface area contributed by atoms with Crippen LogP contribution in [0.2, 0.25) is 0 Å². The number of para-hydroxylation sites is 1. The smallest absolute Gasteiger partial charge is 0.337 e. The molecule has 0 aliphatic carbocycles. The van der Waals surface area contributed by atoms with Crippen LogP contribution in [0.1, 0.15) is 20.8 Å². The van der Waals surface area contributed by atoms with Crippen LogP contribution in [-0.2, 0) is 0 Å². The summed E-state index contributed by atoms with van der Waals surface area (Å²) in [7, 11) is 0. The number of anilines is 1. The maximum absolute atomic E-state index is 13.1. The number of nitrogens with zero attached hydrogens (tertiary/aromatic N) is 3. The Balaban J connectivity index is 1.61. The highest BCUT2D eigenvalue weighted by Gasteiger charge is 2.15. The molecule has 0 unspecified atom stereocenters. The van der Waals surface area contributed by atoms with E-state index in [0.29, 0.717) is 16.8 Å². The first-order valence-corrected chi connectivity index (χ1v) is 8.12. The Hall–Kier alpha value is -4.14. The second kappa shape index (κ2) is 6.88. The van der Waals surface area contributed by atoms with E-state index in [9.17, 15) is 19.1 Å². The minimum atomic E-state index is -1.12. The highest BCUT2D eigenvalue weighted by Crippen LogP contribution is 2.20. The average Bonchev–Trinajstić information content (AvgIpc) is 3.10. The number of carbonyl (C=O) groups excluding carboxylic acids is 1. The van der Waals surface area contributed by atoms with Gasteiger partial charge in [-0.15, -0.1) is 0 Å². The van der Waals surface area contributed by atoms with E-state index < -0.39 is 11.9 Å². The predicted molar refractivity (Wildman–Crippen MR) is 98.4 cm³/mol. The molecular weight excluding hydrogens is 365 g/mol. The first kappa shape index (κ1) is 17.3. The molecule has 4 rings (SSSR count). The minimum absolute atomic E-state index is 0.0230. The number of carboxylic acids is 1. The van der Waals surface area contributed by atoms with E-state index in [-0.39, 0.29) is 28.5 Å². The van der Waals surface area contributed by atoms with Crippen LogP contribution in [0.3, 0.4) is 0 Å². The van der Waals surface area contributed by atoms with E-state index >= 15 is 0 Å². The number of amides is 1. The summed E-state index contributed by atoms with van der Waals surface area (Å²) in [6.45, 7) is 0. The summed E-state index contributed by atoms with van der Waals surface area (Å²) in [6, 6.07) is 11.8. The third-order valence-corrected chi connectivity index (χ3v) is 4.01. The van der Waals surface area contributed by atoms with Gasteiger partial charge in [-0.2, -0.15) is 0 Å². The summed E-state index contributed by atoms with van der Waals surface area (Å²) in [5, 5.41) is 11.8. The van der Waals surface area contributed by atoms with Crippen molar-refractivity contribution >= 4 is 28.9 Å². The number of aromatic amines is 1. The van der Waals surface area contributed by atoms with Crippen LogP contribution < -0.4 is 5.32 Å². The monoisotopic (exact) mass is 377 g/mol. The number of halogens is 1. The van der Waals surface area contributed by atoms with Crippen molar-refractivity contribution in [3.05, 3.63) is 71.9 Å². The van der Waals surface area contributed by atoms with Crippen LogP contribution in [0.4, 0.5) is 10.3 Å². The summed E-state index contributed by atoms with van der Waals surface area (Å²) in [5.74, 6) is -1.95. The van der Waals surface area contributed by atoms with Crippen LogP contribution in [0, 0.1) is 5.82 Å². The Morgan fingerprint density at radius 2 is 1.86 bits per heavy atom. The van der Waals surface area contributed by atoms with Gasteiger partial charge in [0, 0.05) is 5.56 Å². The van der Waals surface area contributed by atoms with Gasteiger partial charge in [0.05, 0.1) is 16.8 Å². The molecule has 3 N–H and O–H groups in total. The number of rotatable bonds is 4. The average molecular weight is 377 g/mol. The standard InChI is InChI=1S/C19H12FN5O3/c20-11-6-4-10(5-7-11)14-8-15(22-9-21-14)17(26)25-19-23-13-3-1-2-12(18(27)28)16(13)24-19/h1-9H,(H,27,28)(H2,23,24,25,26). The van der Waals surface area contributed by atoms with Crippen LogP contribution in [0.5, 0.6) is 0 Å². The number of aromatic carboxylic acids is 1. The van der Waals surface area contributed by atoms with E-state index in [4.69, 9.17) is 0 Å². The SMILES string of the molecule is O=C(Nc1nc2c(C(=O)O)cccc2[nH]1)c1cc(-c2ccc(F)cc2)ncn1. The lowest BCUT2D eigenvalue weighted by atomic mass is 10.1. The molecule has 9 heteroatoms. The molecule has 0 saturated carbocycles. The van der Waals surface area contributed by atoms with E-state index in [0.717, 1.165) is 0 Å². The molecule has 0 aliphatic heterocycles. The zero-order valence-electron chi connectivity index (χ0n) is 14.2. The third kappa shape index (κ3) is 3.28. The summed E-state index contributed by atoms with van der Waals surface area (Å²) in [6.07, 6.45) is 1.23. The summed E-state index contributed by atoms with van der Waals surface area (Å²) >= 11 is 0. The topological polar surface area (TPSA) is 121 Å². The number of hydrogen-bond acceptors (Lipinski definition) is 5. The van der Waals surface area contributed by atoms with Gasteiger partial charge in [-0.05, 0) is 42.5 Å². The molecule has 2 aromatic heterocycles. The van der Waals surface area contributed by atoms with Gasteiger partial charge in [0.2, 0.25) is 5.95 Å². The molecular formula is C19H12FN5O3. The van der Waals surface area contributed by atoms with E-state index in [1.54, 1.807) is 24.3 Å². The summed E-state index contributed by atoms with van der Waals surface area (Å²) in [4.78, 5) is 38.8. The number of aromatic nitrogens is 4. The Kier molecular flexibility index (Phi) is 4.24. The number of hydrogen-bond donors (Lipinski definition) is 3. The van der Waals surface area contributed by atoms with Gasteiger partial charge in [-0.3, -0.25) is 10.1 Å². The molecule has 2 heterocycles. The number of benzene rings is 2.